The minimum atomic E-state index is -0.551. The summed E-state index contributed by atoms with van der Waals surface area (Å²) in [6, 6.07) is 18.3. The molecule has 6 heteroatoms. The molecule has 1 heterocycles. The molecule has 4 rings (SSSR count). The Balaban J connectivity index is 1.96. The molecule has 0 spiro atoms. The zero-order valence-corrected chi connectivity index (χ0v) is 20.7. The van der Waals surface area contributed by atoms with E-state index in [1.165, 1.54) is 18.2 Å². The number of para-hydroxylation sites is 1. The Hall–Kier alpha value is -3.80. The van der Waals surface area contributed by atoms with Crippen molar-refractivity contribution in [3.8, 4) is 5.69 Å². The number of fused-ring (bicyclic) bond motifs is 1. The first-order chi connectivity index (χ1) is 16.7. The number of amides is 1. The molecule has 4 aromatic rings. The van der Waals surface area contributed by atoms with Gasteiger partial charge in [0, 0.05) is 12.1 Å². The van der Waals surface area contributed by atoms with E-state index in [9.17, 15) is 14.0 Å². The van der Waals surface area contributed by atoms with Crippen molar-refractivity contribution < 1.29 is 9.18 Å². The third-order valence-corrected chi connectivity index (χ3v) is 6.14. The first-order valence-corrected chi connectivity index (χ1v) is 11.8. The quantitative estimate of drug-likeness (QED) is 0.347. The highest BCUT2D eigenvalue weighted by Crippen LogP contribution is 2.27. The van der Waals surface area contributed by atoms with Crippen LogP contribution in [0.5, 0.6) is 0 Å². The normalized spacial score (nSPS) is 12.2. The van der Waals surface area contributed by atoms with Gasteiger partial charge in [-0.2, -0.15) is 0 Å². The number of hydrogen-bond acceptors (Lipinski definition) is 3. The van der Waals surface area contributed by atoms with Gasteiger partial charge in [0.25, 0.3) is 11.5 Å². The molecule has 0 fully saturated rings. The standard InChI is InChI=1S/C29H30FN3O2/c1-18(2)17-32(28(34)22-9-8-10-23(30)16-22)21(5)27-31-25-12-7-6-11-24(25)29(35)33(27)26-15-19(3)13-14-20(26)4/h6-16,18,21H,17H2,1-5H3. The van der Waals surface area contributed by atoms with Crippen molar-refractivity contribution in [1.29, 1.82) is 0 Å². The van der Waals surface area contributed by atoms with Gasteiger partial charge in [-0.1, -0.05) is 44.2 Å². The van der Waals surface area contributed by atoms with Gasteiger partial charge in [-0.3, -0.25) is 14.2 Å². The summed E-state index contributed by atoms with van der Waals surface area (Å²) in [5.41, 5.74) is 3.32. The molecular weight excluding hydrogens is 441 g/mol. The maximum atomic E-state index is 13.9. The lowest BCUT2D eigenvalue weighted by molar-refractivity contribution is 0.0654. The minimum Gasteiger partial charge on any atom is -0.328 e. The van der Waals surface area contributed by atoms with Crippen LogP contribution in [-0.2, 0) is 0 Å². The predicted octanol–water partition coefficient (Wildman–Crippen LogP) is 6.00. The Morgan fingerprint density at radius 1 is 1.00 bits per heavy atom. The number of carbonyl (C=O) groups is 1. The van der Waals surface area contributed by atoms with Crippen LogP contribution in [0.15, 0.2) is 71.5 Å². The van der Waals surface area contributed by atoms with Gasteiger partial charge < -0.3 is 4.90 Å². The van der Waals surface area contributed by atoms with E-state index in [2.05, 4.69) is 0 Å². The number of rotatable bonds is 6. The number of benzene rings is 3. The fourth-order valence-corrected chi connectivity index (χ4v) is 4.36. The third-order valence-electron chi connectivity index (χ3n) is 6.14. The summed E-state index contributed by atoms with van der Waals surface area (Å²) in [5, 5.41) is 0.510. The van der Waals surface area contributed by atoms with E-state index < -0.39 is 11.9 Å². The average molecular weight is 472 g/mol. The maximum absolute atomic E-state index is 13.9. The van der Waals surface area contributed by atoms with Gasteiger partial charge in [0.1, 0.15) is 11.6 Å². The molecule has 1 atom stereocenters. The SMILES string of the molecule is Cc1ccc(C)c(-n2c(C(C)N(CC(C)C)C(=O)c3cccc(F)c3)nc3ccccc3c2=O)c1. The summed E-state index contributed by atoms with van der Waals surface area (Å²) in [6.07, 6.45) is 0. The van der Waals surface area contributed by atoms with Crippen molar-refractivity contribution in [3.05, 3.63) is 105 Å². The number of carbonyl (C=O) groups excluding carboxylic acids is 1. The van der Waals surface area contributed by atoms with Gasteiger partial charge >= 0.3 is 0 Å². The number of nitrogens with zero attached hydrogens (tertiary/aromatic N) is 3. The summed E-state index contributed by atoms with van der Waals surface area (Å²) in [4.78, 5) is 34.0. The van der Waals surface area contributed by atoms with Crippen molar-refractivity contribution in [2.75, 3.05) is 6.54 Å². The van der Waals surface area contributed by atoms with Crippen LogP contribution >= 0.6 is 0 Å². The first kappa shape index (κ1) is 24.3. The Morgan fingerprint density at radius 2 is 1.74 bits per heavy atom. The Bertz CT molecular complexity index is 1460. The van der Waals surface area contributed by atoms with Crippen molar-refractivity contribution in [2.45, 2.75) is 40.7 Å². The summed E-state index contributed by atoms with van der Waals surface area (Å²) in [5.74, 6) is -0.158. The molecule has 0 aliphatic rings. The Morgan fingerprint density at radius 3 is 2.46 bits per heavy atom. The molecule has 1 amide bonds. The molecule has 0 bridgehead atoms. The van der Waals surface area contributed by atoms with Crippen LogP contribution in [0.1, 0.15) is 54.1 Å². The Labute approximate surface area is 204 Å². The molecule has 0 radical (unpaired) electrons. The van der Waals surface area contributed by atoms with Gasteiger partial charge in [0.2, 0.25) is 0 Å². The van der Waals surface area contributed by atoms with Gasteiger partial charge in [-0.05, 0) is 74.2 Å². The van der Waals surface area contributed by atoms with E-state index in [1.807, 2.05) is 71.0 Å². The highest BCUT2D eigenvalue weighted by atomic mass is 19.1. The molecule has 0 saturated heterocycles. The highest BCUT2D eigenvalue weighted by Gasteiger charge is 2.28. The number of aromatic nitrogens is 2. The molecule has 5 nitrogen and oxygen atoms in total. The molecule has 1 aromatic heterocycles. The van der Waals surface area contributed by atoms with Crippen LogP contribution < -0.4 is 5.56 Å². The second-order valence-corrected chi connectivity index (χ2v) is 9.46. The molecule has 0 aliphatic heterocycles. The molecule has 1 unspecified atom stereocenters. The Kier molecular flexibility index (Phi) is 6.83. The maximum Gasteiger partial charge on any atom is 0.266 e. The van der Waals surface area contributed by atoms with Crippen molar-refractivity contribution in [2.24, 2.45) is 5.92 Å². The van der Waals surface area contributed by atoms with E-state index in [1.54, 1.807) is 21.6 Å². The fourth-order valence-electron chi connectivity index (χ4n) is 4.36. The molecule has 0 N–H and O–H groups in total. The predicted molar refractivity (Wildman–Crippen MR) is 138 cm³/mol. The number of hydrogen-bond donors (Lipinski definition) is 0. The second-order valence-electron chi connectivity index (χ2n) is 9.46. The average Bonchev–Trinajstić information content (AvgIpc) is 2.83. The molecular formula is C29H30FN3O2. The third kappa shape index (κ3) is 4.87. The number of halogens is 1. The summed E-state index contributed by atoms with van der Waals surface area (Å²) in [6.45, 7) is 10.3. The zero-order valence-electron chi connectivity index (χ0n) is 20.7. The lowest BCUT2D eigenvalue weighted by Gasteiger charge is -2.32. The van der Waals surface area contributed by atoms with Crippen LogP contribution in [0.4, 0.5) is 4.39 Å². The lowest BCUT2D eigenvalue weighted by Crippen LogP contribution is -2.39. The van der Waals surface area contributed by atoms with Crippen LogP contribution in [0.2, 0.25) is 0 Å². The van der Waals surface area contributed by atoms with Gasteiger partial charge in [0.05, 0.1) is 22.6 Å². The topological polar surface area (TPSA) is 55.2 Å². The van der Waals surface area contributed by atoms with Gasteiger partial charge in [-0.25, -0.2) is 9.37 Å². The smallest absolute Gasteiger partial charge is 0.266 e. The summed E-state index contributed by atoms with van der Waals surface area (Å²) in [7, 11) is 0. The van der Waals surface area contributed by atoms with Crippen LogP contribution in [0.25, 0.3) is 16.6 Å². The van der Waals surface area contributed by atoms with Crippen molar-refractivity contribution >= 4 is 16.8 Å². The minimum absolute atomic E-state index is 0.149. The molecule has 0 aliphatic carbocycles. The molecule has 3 aromatic carbocycles. The fraction of sp³-hybridized carbons (Fsp3) is 0.276. The monoisotopic (exact) mass is 471 g/mol. The van der Waals surface area contributed by atoms with Crippen LogP contribution in [0.3, 0.4) is 0 Å². The largest absolute Gasteiger partial charge is 0.328 e. The van der Waals surface area contributed by atoms with Crippen LogP contribution in [0, 0.1) is 25.6 Å². The molecule has 35 heavy (non-hydrogen) atoms. The van der Waals surface area contributed by atoms with E-state index in [0.717, 1.165) is 16.8 Å². The molecule has 0 saturated carbocycles. The molecule has 180 valence electrons. The zero-order chi connectivity index (χ0) is 25.3. The van der Waals surface area contributed by atoms with Crippen molar-refractivity contribution in [1.82, 2.24) is 14.5 Å². The van der Waals surface area contributed by atoms with E-state index >= 15 is 0 Å². The highest BCUT2D eigenvalue weighted by molar-refractivity contribution is 5.94. The van der Waals surface area contributed by atoms with E-state index in [0.29, 0.717) is 23.3 Å². The van der Waals surface area contributed by atoms with Crippen molar-refractivity contribution in [3.63, 3.8) is 0 Å². The van der Waals surface area contributed by atoms with Gasteiger partial charge in [0.15, 0.2) is 0 Å². The number of aryl methyl sites for hydroxylation is 2. The van der Waals surface area contributed by atoms with Gasteiger partial charge in [-0.15, -0.1) is 0 Å². The summed E-state index contributed by atoms with van der Waals surface area (Å²) >= 11 is 0. The van der Waals surface area contributed by atoms with E-state index in [4.69, 9.17) is 4.98 Å². The van der Waals surface area contributed by atoms with Crippen LogP contribution in [-0.4, -0.2) is 26.9 Å². The first-order valence-electron chi connectivity index (χ1n) is 11.8. The summed E-state index contributed by atoms with van der Waals surface area (Å²) < 4.78 is 15.6. The second kappa shape index (κ2) is 9.82. The lowest BCUT2D eigenvalue weighted by atomic mass is 10.1. The van der Waals surface area contributed by atoms with E-state index in [-0.39, 0.29) is 22.9 Å².